The Morgan fingerprint density at radius 1 is 1.22 bits per heavy atom. The third kappa shape index (κ3) is 3.89. The van der Waals surface area contributed by atoms with Crippen LogP contribution >= 0.6 is 12.4 Å². The predicted octanol–water partition coefficient (Wildman–Crippen LogP) is 3.16. The number of hydrogen-bond acceptors (Lipinski definition) is 2. The van der Waals surface area contributed by atoms with Crippen LogP contribution in [0.3, 0.4) is 0 Å². The van der Waals surface area contributed by atoms with Gasteiger partial charge in [-0.25, -0.2) is 0 Å². The molecule has 0 atom stereocenters. The summed E-state index contributed by atoms with van der Waals surface area (Å²) in [4.78, 5) is 2.42. The molecule has 0 radical (unpaired) electrons. The summed E-state index contributed by atoms with van der Waals surface area (Å²) >= 11 is 0. The third-order valence-electron chi connectivity index (χ3n) is 3.75. The second kappa shape index (κ2) is 7.01. The number of nitrogens with zero attached hydrogens (tertiary/aromatic N) is 1. The summed E-state index contributed by atoms with van der Waals surface area (Å²) < 4.78 is 0. The van der Waals surface area contributed by atoms with Crippen molar-refractivity contribution >= 4 is 18.1 Å². The molecule has 1 N–H and O–H groups in total. The minimum Gasteiger partial charge on any atom is -0.374 e. The van der Waals surface area contributed by atoms with Gasteiger partial charge in [-0.15, -0.1) is 12.4 Å². The SMILES string of the molecule is Cc1ccc(N(C)CC2CCNCC2)c(C)c1.Cl. The largest absolute Gasteiger partial charge is 0.374 e. The maximum absolute atomic E-state index is 3.43. The number of halogens is 1. The van der Waals surface area contributed by atoms with Gasteiger partial charge in [-0.05, 0) is 57.3 Å². The van der Waals surface area contributed by atoms with E-state index in [9.17, 15) is 0 Å². The molecule has 0 aliphatic carbocycles. The van der Waals surface area contributed by atoms with Crippen LogP contribution in [0.2, 0.25) is 0 Å². The van der Waals surface area contributed by atoms with Crippen molar-refractivity contribution in [2.75, 3.05) is 31.6 Å². The molecular weight excluding hydrogens is 244 g/mol. The zero-order valence-electron chi connectivity index (χ0n) is 11.7. The highest BCUT2D eigenvalue weighted by atomic mass is 35.5. The maximum atomic E-state index is 3.43. The van der Waals surface area contributed by atoms with Gasteiger partial charge >= 0.3 is 0 Å². The van der Waals surface area contributed by atoms with Crippen LogP contribution in [0.4, 0.5) is 5.69 Å². The van der Waals surface area contributed by atoms with E-state index in [2.05, 4.69) is 49.3 Å². The van der Waals surface area contributed by atoms with Gasteiger partial charge in [0.05, 0.1) is 0 Å². The molecule has 1 aromatic carbocycles. The van der Waals surface area contributed by atoms with Crippen molar-refractivity contribution in [3.05, 3.63) is 29.3 Å². The Kier molecular flexibility index (Phi) is 5.97. The zero-order chi connectivity index (χ0) is 12.3. The van der Waals surface area contributed by atoms with Gasteiger partial charge in [-0.3, -0.25) is 0 Å². The van der Waals surface area contributed by atoms with Gasteiger partial charge in [-0.2, -0.15) is 0 Å². The van der Waals surface area contributed by atoms with Crippen LogP contribution in [0.15, 0.2) is 18.2 Å². The van der Waals surface area contributed by atoms with Crippen LogP contribution in [-0.2, 0) is 0 Å². The molecule has 1 aliphatic rings. The molecule has 3 heteroatoms. The second-order valence-corrected chi connectivity index (χ2v) is 5.36. The molecule has 102 valence electrons. The summed E-state index contributed by atoms with van der Waals surface area (Å²) in [5, 5.41) is 3.43. The molecule has 0 spiro atoms. The van der Waals surface area contributed by atoms with Crippen LogP contribution in [0.25, 0.3) is 0 Å². The Morgan fingerprint density at radius 2 is 1.89 bits per heavy atom. The average molecular weight is 269 g/mol. The van der Waals surface area contributed by atoms with Crippen LogP contribution in [-0.4, -0.2) is 26.7 Å². The Balaban J connectivity index is 0.00000162. The number of rotatable bonds is 3. The lowest BCUT2D eigenvalue weighted by molar-refractivity contribution is 0.378. The highest BCUT2D eigenvalue weighted by molar-refractivity contribution is 5.85. The maximum Gasteiger partial charge on any atom is 0.0393 e. The highest BCUT2D eigenvalue weighted by Crippen LogP contribution is 2.22. The Labute approximate surface area is 117 Å². The van der Waals surface area contributed by atoms with Gasteiger partial charge in [0.1, 0.15) is 0 Å². The first kappa shape index (κ1) is 15.3. The number of benzene rings is 1. The molecule has 2 nitrogen and oxygen atoms in total. The second-order valence-electron chi connectivity index (χ2n) is 5.36. The quantitative estimate of drug-likeness (QED) is 0.906. The van der Waals surface area contributed by atoms with Crippen molar-refractivity contribution in [3.63, 3.8) is 0 Å². The molecule has 2 rings (SSSR count). The van der Waals surface area contributed by atoms with E-state index in [0.717, 1.165) is 5.92 Å². The van der Waals surface area contributed by atoms with Crippen molar-refractivity contribution in [2.24, 2.45) is 5.92 Å². The Hall–Kier alpha value is -0.730. The van der Waals surface area contributed by atoms with Crippen LogP contribution in [0.5, 0.6) is 0 Å². The summed E-state index contributed by atoms with van der Waals surface area (Å²) in [6.45, 7) is 7.92. The molecule has 18 heavy (non-hydrogen) atoms. The van der Waals surface area contributed by atoms with Gasteiger partial charge in [0.15, 0.2) is 0 Å². The third-order valence-corrected chi connectivity index (χ3v) is 3.75. The van der Waals surface area contributed by atoms with E-state index in [0.29, 0.717) is 0 Å². The molecule has 0 saturated carbocycles. The van der Waals surface area contributed by atoms with Crippen molar-refractivity contribution < 1.29 is 0 Å². The molecule has 0 aromatic heterocycles. The molecule has 0 unspecified atom stereocenters. The van der Waals surface area contributed by atoms with Gasteiger partial charge in [0.2, 0.25) is 0 Å². The molecule has 1 aromatic rings. The molecular formula is C15H25ClN2. The summed E-state index contributed by atoms with van der Waals surface area (Å²) in [7, 11) is 2.22. The summed E-state index contributed by atoms with van der Waals surface area (Å²) in [6.07, 6.45) is 2.63. The molecule has 1 fully saturated rings. The average Bonchev–Trinajstić information content (AvgIpc) is 2.30. The number of hydrogen-bond donors (Lipinski definition) is 1. The Morgan fingerprint density at radius 3 is 2.50 bits per heavy atom. The zero-order valence-corrected chi connectivity index (χ0v) is 12.5. The normalized spacial score (nSPS) is 16.2. The van der Waals surface area contributed by atoms with E-state index in [4.69, 9.17) is 0 Å². The summed E-state index contributed by atoms with van der Waals surface area (Å²) in [5.74, 6) is 0.849. The number of nitrogens with one attached hydrogen (secondary N) is 1. The van der Waals surface area contributed by atoms with Crippen LogP contribution in [0.1, 0.15) is 24.0 Å². The van der Waals surface area contributed by atoms with E-state index < -0.39 is 0 Å². The van der Waals surface area contributed by atoms with E-state index >= 15 is 0 Å². The molecule has 0 amide bonds. The molecule has 0 bridgehead atoms. The fourth-order valence-electron chi connectivity index (χ4n) is 2.78. The van der Waals surface area contributed by atoms with Crippen LogP contribution in [0, 0.1) is 19.8 Å². The van der Waals surface area contributed by atoms with Gasteiger partial charge < -0.3 is 10.2 Å². The first-order valence-electron chi connectivity index (χ1n) is 6.66. The number of aryl methyl sites for hydroxylation is 2. The van der Waals surface area contributed by atoms with E-state index in [1.807, 2.05) is 0 Å². The number of anilines is 1. The first-order chi connectivity index (χ1) is 8.16. The lowest BCUT2D eigenvalue weighted by atomic mass is 9.97. The minimum atomic E-state index is 0. The predicted molar refractivity (Wildman–Crippen MR) is 82.0 cm³/mol. The monoisotopic (exact) mass is 268 g/mol. The fraction of sp³-hybridized carbons (Fsp3) is 0.600. The van der Waals surface area contributed by atoms with Gasteiger partial charge in [-0.1, -0.05) is 17.7 Å². The first-order valence-corrected chi connectivity index (χ1v) is 6.66. The van der Waals surface area contributed by atoms with E-state index in [1.54, 1.807) is 0 Å². The van der Waals surface area contributed by atoms with Crippen molar-refractivity contribution in [1.29, 1.82) is 0 Å². The lowest BCUT2D eigenvalue weighted by Crippen LogP contribution is -2.34. The van der Waals surface area contributed by atoms with Crippen molar-refractivity contribution in [2.45, 2.75) is 26.7 Å². The summed E-state index contributed by atoms with van der Waals surface area (Å²) in [5.41, 5.74) is 4.12. The molecule has 1 heterocycles. The van der Waals surface area contributed by atoms with E-state index in [-0.39, 0.29) is 12.4 Å². The number of piperidine rings is 1. The van der Waals surface area contributed by atoms with Crippen molar-refractivity contribution in [3.8, 4) is 0 Å². The molecule has 1 saturated heterocycles. The van der Waals surface area contributed by atoms with Crippen LogP contribution < -0.4 is 10.2 Å². The van der Waals surface area contributed by atoms with Gasteiger partial charge in [0, 0.05) is 19.3 Å². The lowest BCUT2D eigenvalue weighted by Gasteiger charge is -2.29. The molecule has 1 aliphatic heterocycles. The van der Waals surface area contributed by atoms with Crippen molar-refractivity contribution in [1.82, 2.24) is 5.32 Å². The van der Waals surface area contributed by atoms with E-state index in [1.165, 1.54) is 49.3 Å². The smallest absolute Gasteiger partial charge is 0.0393 e. The Bertz CT molecular complexity index is 373. The fourth-order valence-corrected chi connectivity index (χ4v) is 2.78. The summed E-state index contributed by atoms with van der Waals surface area (Å²) in [6, 6.07) is 6.74. The highest BCUT2D eigenvalue weighted by Gasteiger charge is 2.15. The minimum absolute atomic E-state index is 0. The topological polar surface area (TPSA) is 15.3 Å². The van der Waals surface area contributed by atoms with Gasteiger partial charge in [0.25, 0.3) is 0 Å². The standard InChI is InChI=1S/C15H24N2.ClH/c1-12-4-5-15(13(2)10-12)17(3)11-14-6-8-16-9-7-14;/h4-5,10,14,16H,6-9,11H2,1-3H3;1H.